The van der Waals surface area contributed by atoms with Gasteiger partial charge in [-0.3, -0.25) is 14.5 Å². The maximum Gasteiger partial charge on any atom is 0.534 e. The first-order valence-electron chi connectivity index (χ1n) is 8.60. The van der Waals surface area contributed by atoms with Crippen LogP contribution in [0.1, 0.15) is 18.7 Å². The predicted octanol–water partition coefficient (Wildman–Crippen LogP) is -0.877. The number of amides is 2. The number of alkyl halides is 3. The molecule has 2 aliphatic rings. The lowest BCUT2D eigenvalue weighted by Crippen LogP contribution is -2.72. The van der Waals surface area contributed by atoms with Crippen molar-refractivity contribution in [2.75, 3.05) is 12.8 Å². The van der Waals surface area contributed by atoms with Gasteiger partial charge in [0.05, 0.1) is 6.04 Å². The van der Waals surface area contributed by atoms with E-state index < -0.39 is 69.1 Å². The normalized spacial score (nSPS) is 21.3. The number of anilines is 1. The molecule has 19 heteroatoms. The van der Waals surface area contributed by atoms with Gasteiger partial charge in [-0.2, -0.15) is 30.9 Å². The molecule has 0 aliphatic carbocycles. The molecule has 3 heterocycles. The molecule has 1 fully saturated rings. The number of carbonyl (C=O) groups is 3. The first-order chi connectivity index (χ1) is 15.3. The molecule has 0 unspecified atom stereocenters. The van der Waals surface area contributed by atoms with Crippen LogP contribution in [0.15, 0.2) is 16.6 Å². The van der Waals surface area contributed by atoms with E-state index in [1.54, 1.807) is 0 Å². The van der Waals surface area contributed by atoms with E-state index in [2.05, 4.69) is 28.9 Å². The summed E-state index contributed by atoms with van der Waals surface area (Å²) in [7, 11) is -5.03. The molecule has 0 saturated carbocycles. The van der Waals surface area contributed by atoms with Crippen molar-refractivity contribution in [1.29, 1.82) is 0 Å². The number of hydrogen-bond acceptors (Lipinski definition) is 12. The number of carboxylic acid groups (broad SMARTS) is 1. The molecule has 0 spiro atoms. The van der Waals surface area contributed by atoms with Crippen molar-refractivity contribution in [3.63, 3.8) is 0 Å². The van der Waals surface area contributed by atoms with E-state index in [1.165, 1.54) is 0 Å². The van der Waals surface area contributed by atoms with Crippen molar-refractivity contribution >= 4 is 50.3 Å². The SMILES string of the molecule is CO/N=C(\C(=O)N[C@@H]1C(=O)N2C(C(=O)O)=C(OS(=O)(=O)C(F)(F)F)CC[C@H]12)c1nsc(N)n1. The van der Waals surface area contributed by atoms with Crippen LogP contribution in [0.3, 0.4) is 0 Å². The number of nitrogens with one attached hydrogen (secondary N) is 1. The second-order valence-electron chi connectivity index (χ2n) is 6.40. The van der Waals surface area contributed by atoms with Crippen LogP contribution in [0.2, 0.25) is 0 Å². The number of allylic oxidation sites excluding steroid dienone is 1. The van der Waals surface area contributed by atoms with Gasteiger partial charge in [-0.25, -0.2) is 4.79 Å². The molecule has 0 aromatic carbocycles. The molecule has 1 saturated heterocycles. The van der Waals surface area contributed by atoms with E-state index in [4.69, 9.17) is 5.73 Å². The second kappa shape index (κ2) is 8.46. The van der Waals surface area contributed by atoms with E-state index in [1.807, 2.05) is 0 Å². The summed E-state index contributed by atoms with van der Waals surface area (Å²) in [4.78, 5) is 45.6. The third-order valence-electron chi connectivity index (χ3n) is 4.43. The molecule has 1 aromatic heterocycles. The Morgan fingerprint density at radius 3 is 2.58 bits per heavy atom. The first-order valence-corrected chi connectivity index (χ1v) is 10.8. The number of oxime groups is 1. The third-order valence-corrected chi connectivity index (χ3v) is 5.96. The van der Waals surface area contributed by atoms with Crippen LogP contribution in [0.5, 0.6) is 0 Å². The number of aliphatic carboxylic acids is 1. The molecular weight excluding hydrogens is 501 g/mol. The number of nitrogens with two attached hydrogens (primary N) is 1. The van der Waals surface area contributed by atoms with Gasteiger partial charge in [0.1, 0.15) is 13.2 Å². The summed E-state index contributed by atoms with van der Waals surface area (Å²) in [6.45, 7) is 0. The fraction of sp³-hybridized carbons (Fsp3) is 0.429. The molecule has 33 heavy (non-hydrogen) atoms. The number of halogens is 3. The van der Waals surface area contributed by atoms with Crippen LogP contribution in [0.4, 0.5) is 18.3 Å². The predicted molar refractivity (Wildman–Crippen MR) is 100 cm³/mol. The lowest BCUT2D eigenvalue weighted by molar-refractivity contribution is -0.156. The Balaban J connectivity index is 1.83. The average Bonchev–Trinajstić information content (AvgIpc) is 3.14. The molecule has 2 amide bonds. The largest absolute Gasteiger partial charge is 0.534 e. The van der Waals surface area contributed by atoms with Gasteiger partial charge in [-0.15, -0.1) is 0 Å². The molecule has 14 nitrogen and oxygen atoms in total. The molecule has 4 N–H and O–H groups in total. The highest BCUT2D eigenvalue weighted by atomic mass is 32.2. The Morgan fingerprint density at radius 1 is 1.39 bits per heavy atom. The molecule has 3 rings (SSSR count). The molecule has 180 valence electrons. The lowest BCUT2D eigenvalue weighted by atomic mass is 9.85. The van der Waals surface area contributed by atoms with Crippen LogP contribution in [-0.2, 0) is 33.5 Å². The second-order valence-corrected chi connectivity index (χ2v) is 8.73. The van der Waals surface area contributed by atoms with Crippen LogP contribution in [0, 0.1) is 0 Å². The maximum absolute atomic E-state index is 12.6. The lowest BCUT2D eigenvalue weighted by Gasteiger charge is -2.49. The van der Waals surface area contributed by atoms with Crippen LogP contribution in [0.25, 0.3) is 0 Å². The first kappa shape index (κ1) is 24.2. The van der Waals surface area contributed by atoms with E-state index in [0.29, 0.717) is 4.90 Å². The van der Waals surface area contributed by atoms with Crippen LogP contribution < -0.4 is 11.1 Å². The zero-order chi connectivity index (χ0) is 24.7. The van der Waals surface area contributed by atoms with Crippen molar-refractivity contribution < 1.29 is 50.1 Å². The molecule has 2 aliphatic heterocycles. The Labute approximate surface area is 186 Å². The minimum absolute atomic E-state index is 0.0114. The summed E-state index contributed by atoms with van der Waals surface area (Å²) in [6.07, 6.45) is -0.782. The Bertz CT molecular complexity index is 1180. The summed E-state index contributed by atoms with van der Waals surface area (Å²) >= 11 is 0.754. The zero-order valence-corrected chi connectivity index (χ0v) is 17.8. The fourth-order valence-electron chi connectivity index (χ4n) is 3.11. The number of fused-ring (bicyclic) bond motifs is 1. The number of aromatic nitrogens is 2. The van der Waals surface area contributed by atoms with Gasteiger partial charge >= 0.3 is 21.6 Å². The van der Waals surface area contributed by atoms with Crippen molar-refractivity contribution in [3.8, 4) is 0 Å². The minimum Gasteiger partial charge on any atom is -0.476 e. The van der Waals surface area contributed by atoms with Gasteiger partial charge in [-0.1, -0.05) is 5.16 Å². The topological polar surface area (TPSA) is 203 Å². The summed E-state index contributed by atoms with van der Waals surface area (Å²) < 4.78 is 68.2. The number of carbonyl (C=O) groups excluding carboxylic acids is 2. The monoisotopic (exact) mass is 514 g/mol. The van der Waals surface area contributed by atoms with Gasteiger partial charge in [0, 0.05) is 18.0 Å². The van der Waals surface area contributed by atoms with E-state index in [-0.39, 0.29) is 17.4 Å². The minimum atomic E-state index is -6.16. The van der Waals surface area contributed by atoms with E-state index >= 15 is 0 Å². The highest BCUT2D eigenvalue weighted by Gasteiger charge is 2.56. The van der Waals surface area contributed by atoms with Gasteiger partial charge in [0.2, 0.25) is 11.5 Å². The van der Waals surface area contributed by atoms with Gasteiger partial charge in [-0.05, 0) is 6.42 Å². The van der Waals surface area contributed by atoms with Crippen molar-refractivity contribution in [1.82, 2.24) is 19.6 Å². The highest BCUT2D eigenvalue weighted by Crippen LogP contribution is 2.39. The number of nitrogen functional groups attached to an aromatic ring is 1. The van der Waals surface area contributed by atoms with Gasteiger partial charge in [0.25, 0.3) is 11.8 Å². The summed E-state index contributed by atoms with van der Waals surface area (Å²) in [5, 5.41) is 15.1. The molecule has 0 bridgehead atoms. The van der Waals surface area contributed by atoms with Gasteiger partial charge < -0.3 is 25.2 Å². The van der Waals surface area contributed by atoms with Crippen LogP contribution >= 0.6 is 11.5 Å². The Kier molecular flexibility index (Phi) is 6.20. The number of nitrogens with zero attached hydrogens (tertiary/aromatic N) is 4. The van der Waals surface area contributed by atoms with Gasteiger partial charge in [0.15, 0.2) is 16.6 Å². The fourth-order valence-corrected chi connectivity index (χ4v) is 4.06. The van der Waals surface area contributed by atoms with Crippen molar-refractivity contribution in [2.45, 2.75) is 30.4 Å². The molecular formula is C14H13F3N6O8S2. The molecule has 0 radical (unpaired) electrons. The highest BCUT2D eigenvalue weighted by molar-refractivity contribution is 7.87. The van der Waals surface area contributed by atoms with Crippen molar-refractivity contribution in [2.24, 2.45) is 5.16 Å². The quantitative estimate of drug-likeness (QED) is 0.134. The smallest absolute Gasteiger partial charge is 0.476 e. The number of carboxylic acids is 1. The van der Waals surface area contributed by atoms with Crippen LogP contribution in [-0.4, -0.2) is 76.0 Å². The number of hydrogen-bond donors (Lipinski definition) is 3. The summed E-state index contributed by atoms with van der Waals surface area (Å²) in [5.41, 5.74) is -1.86. The molecule has 2 atom stereocenters. The Hall–Kier alpha value is -3.48. The number of rotatable bonds is 7. The van der Waals surface area contributed by atoms with E-state index in [0.717, 1.165) is 18.6 Å². The summed E-state index contributed by atoms with van der Waals surface area (Å²) in [5.74, 6) is -5.16. The maximum atomic E-state index is 12.6. The third kappa shape index (κ3) is 4.40. The average molecular weight is 514 g/mol. The zero-order valence-electron chi connectivity index (χ0n) is 16.2. The number of β-lactam (4-membered cyclic amide) rings is 1. The summed E-state index contributed by atoms with van der Waals surface area (Å²) in [6, 6.07) is -2.31. The Morgan fingerprint density at radius 2 is 2.06 bits per heavy atom. The van der Waals surface area contributed by atoms with E-state index in [9.17, 15) is 41.1 Å². The molecule has 1 aromatic rings. The van der Waals surface area contributed by atoms with Crippen molar-refractivity contribution in [3.05, 3.63) is 17.3 Å². The standard InChI is InChI=1S/C14H13F3N6O8S2/c1-30-21-7(9-20-13(18)32-22-9)10(24)19-6-4-2-3-5(31-33(28,29)14(15,16)17)8(12(26)27)23(4)11(6)25/h4,6H,2-3H2,1H3,(H,19,24)(H,26,27)(H2,18,20,22)/b21-7-/t4-,6+/m1/s1.